The van der Waals surface area contributed by atoms with E-state index in [1.807, 2.05) is 43.3 Å². The highest BCUT2D eigenvalue weighted by atomic mass is 16.5. The molecular formula is C18H21NO2. The molecule has 1 unspecified atom stereocenters. The molecule has 110 valence electrons. The van der Waals surface area contributed by atoms with Gasteiger partial charge in [0.1, 0.15) is 11.5 Å². The first-order chi connectivity index (χ1) is 10.2. The van der Waals surface area contributed by atoms with Crippen LogP contribution < -0.4 is 9.64 Å². The average Bonchev–Trinajstić information content (AvgIpc) is 2.69. The second kappa shape index (κ2) is 5.68. The lowest BCUT2D eigenvalue weighted by Crippen LogP contribution is -2.27. The summed E-state index contributed by atoms with van der Waals surface area (Å²) in [6.07, 6.45) is 0.978. The second-order valence-electron chi connectivity index (χ2n) is 5.60. The number of rotatable bonds is 2. The molecule has 3 heteroatoms. The Morgan fingerprint density at radius 1 is 1.19 bits per heavy atom. The van der Waals surface area contributed by atoms with Crippen molar-refractivity contribution in [3.05, 3.63) is 53.6 Å². The monoisotopic (exact) mass is 283 g/mol. The first-order valence-electron chi connectivity index (χ1n) is 7.45. The van der Waals surface area contributed by atoms with Crippen LogP contribution in [-0.4, -0.2) is 18.3 Å². The van der Waals surface area contributed by atoms with Crippen LogP contribution in [0.15, 0.2) is 42.5 Å². The Morgan fingerprint density at radius 2 is 2.00 bits per heavy atom. The van der Waals surface area contributed by atoms with Crippen LogP contribution in [0.4, 0.5) is 5.69 Å². The van der Waals surface area contributed by atoms with Gasteiger partial charge in [-0.1, -0.05) is 24.3 Å². The van der Waals surface area contributed by atoms with Crippen molar-refractivity contribution in [1.29, 1.82) is 0 Å². The maximum absolute atomic E-state index is 10.3. The lowest BCUT2D eigenvalue weighted by molar-refractivity contribution is 0.322. The van der Waals surface area contributed by atoms with Gasteiger partial charge in [-0.3, -0.25) is 0 Å². The molecule has 0 bridgehead atoms. The number of aromatic hydroxyl groups is 1. The second-order valence-corrected chi connectivity index (χ2v) is 5.60. The third kappa shape index (κ3) is 2.68. The Hall–Kier alpha value is -2.16. The molecule has 3 rings (SSSR count). The van der Waals surface area contributed by atoms with Crippen LogP contribution in [0, 0.1) is 6.92 Å². The summed E-state index contributed by atoms with van der Waals surface area (Å²) in [6.45, 7) is 5.78. The van der Waals surface area contributed by atoms with Gasteiger partial charge in [-0.25, -0.2) is 0 Å². The van der Waals surface area contributed by atoms with Crippen molar-refractivity contribution < 1.29 is 9.84 Å². The van der Waals surface area contributed by atoms with Crippen LogP contribution >= 0.6 is 0 Å². The molecule has 0 aromatic heterocycles. The van der Waals surface area contributed by atoms with E-state index >= 15 is 0 Å². The van der Waals surface area contributed by atoms with Gasteiger partial charge in [-0.2, -0.15) is 0 Å². The number of anilines is 1. The topological polar surface area (TPSA) is 32.7 Å². The number of ether oxygens (including phenoxy) is 1. The summed E-state index contributed by atoms with van der Waals surface area (Å²) >= 11 is 0. The van der Waals surface area contributed by atoms with E-state index in [-0.39, 0.29) is 6.04 Å². The molecule has 0 spiro atoms. The van der Waals surface area contributed by atoms with E-state index in [9.17, 15) is 5.11 Å². The van der Waals surface area contributed by atoms with E-state index in [0.717, 1.165) is 42.1 Å². The summed E-state index contributed by atoms with van der Waals surface area (Å²) in [7, 11) is 0. The fourth-order valence-corrected chi connectivity index (χ4v) is 2.93. The van der Waals surface area contributed by atoms with Crippen LogP contribution in [0.2, 0.25) is 0 Å². The van der Waals surface area contributed by atoms with Gasteiger partial charge >= 0.3 is 0 Å². The SMILES string of the molecule is Cc1ccc(C(C)N2CCCOc3ccccc32)c(O)c1. The summed E-state index contributed by atoms with van der Waals surface area (Å²) < 4.78 is 5.81. The quantitative estimate of drug-likeness (QED) is 0.902. The smallest absolute Gasteiger partial charge is 0.142 e. The standard InChI is InChI=1S/C18H21NO2/c1-13-8-9-15(17(20)12-13)14(2)19-10-5-11-21-18-7-4-3-6-16(18)19/h3-4,6-9,12,14,20H,5,10-11H2,1-2H3. The summed E-state index contributed by atoms with van der Waals surface area (Å²) in [5.74, 6) is 1.29. The lowest BCUT2D eigenvalue weighted by atomic mass is 10.0. The summed E-state index contributed by atoms with van der Waals surface area (Å²) in [4.78, 5) is 2.31. The first kappa shape index (κ1) is 13.8. The van der Waals surface area contributed by atoms with Crippen LogP contribution in [0.25, 0.3) is 0 Å². The molecule has 3 nitrogen and oxygen atoms in total. The molecule has 2 aromatic rings. The highest BCUT2D eigenvalue weighted by Gasteiger charge is 2.23. The number of aryl methyl sites for hydroxylation is 1. The molecule has 0 radical (unpaired) electrons. The van der Waals surface area contributed by atoms with E-state index in [1.54, 1.807) is 0 Å². The fourth-order valence-electron chi connectivity index (χ4n) is 2.93. The van der Waals surface area contributed by atoms with E-state index in [2.05, 4.69) is 17.9 Å². The van der Waals surface area contributed by atoms with Crippen molar-refractivity contribution in [2.24, 2.45) is 0 Å². The Balaban J connectivity index is 1.99. The predicted octanol–water partition coefficient (Wildman–Crippen LogP) is 4.05. The highest BCUT2D eigenvalue weighted by molar-refractivity contribution is 5.61. The van der Waals surface area contributed by atoms with Crippen molar-refractivity contribution >= 4 is 5.69 Å². The molecule has 1 heterocycles. The minimum Gasteiger partial charge on any atom is -0.508 e. The van der Waals surface area contributed by atoms with Gasteiger partial charge in [0.15, 0.2) is 0 Å². The van der Waals surface area contributed by atoms with Gasteiger partial charge in [0.25, 0.3) is 0 Å². The normalized spacial score (nSPS) is 15.8. The Labute approximate surface area is 125 Å². The molecule has 1 aliphatic rings. The zero-order valence-electron chi connectivity index (χ0n) is 12.5. The predicted molar refractivity (Wildman–Crippen MR) is 85.2 cm³/mol. The Morgan fingerprint density at radius 3 is 2.81 bits per heavy atom. The first-order valence-corrected chi connectivity index (χ1v) is 7.45. The molecule has 1 aliphatic heterocycles. The van der Waals surface area contributed by atoms with Crippen LogP contribution in [-0.2, 0) is 0 Å². The molecule has 0 fully saturated rings. The molecule has 1 N–H and O–H groups in total. The van der Waals surface area contributed by atoms with Crippen molar-refractivity contribution in [1.82, 2.24) is 0 Å². The van der Waals surface area contributed by atoms with Gasteiger partial charge in [0.05, 0.1) is 18.3 Å². The van der Waals surface area contributed by atoms with Crippen LogP contribution in [0.5, 0.6) is 11.5 Å². The Bertz CT molecular complexity index is 639. The maximum atomic E-state index is 10.3. The van der Waals surface area contributed by atoms with E-state index < -0.39 is 0 Å². The highest BCUT2D eigenvalue weighted by Crippen LogP contribution is 2.38. The zero-order valence-corrected chi connectivity index (χ0v) is 12.5. The molecule has 0 saturated heterocycles. The minimum absolute atomic E-state index is 0.105. The summed E-state index contributed by atoms with van der Waals surface area (Å²) in [5, 5.41) is 10.3. The van der Waals surface area contributed by atoms with E-state index in [1.165, 1.54) is 0 Å². The third-order valence-electron chi connectivity index (χ3n) is 4.08. The number of hydrogen-bond acceptors (Lipinski definition) is 3. The fraction of sp³-hybridized carbons (Fsp3) is 0.333. The van der Waals surface area contributed by atoms with E-state index in [4.69, 9.17) is 4.74 Å². The number of phenols is 1. The number of hydrogen-bond donors (Lipinski definition) is 1. The number of nitrogens with zero attached hydrogens (tertiary/aromatic N) is 1. The molecule has 1 atom stereocenters. The number of phenolic OH excluding ortho intramolecular Hbond substituents is 1. The largest absolute Gasteiger partial charge is 0.508 e. The summed E-state index contributed by atoms with van der Waals surface area (Å²) in [6, 6.07) is 14.1. The van der Waals surface area contributed by atoms with Crippen molar-refractivity contribution in [2.45, 2.75) is 26.3 Å². The van der Waals surface area contributed by atoms with Crippen molar-refractivity contribution in [2.75, 3.05) is 18.1 Å². The van der Waals surface area contributed by atoms with Gasteiger partial charge in [0.2, 0.25) is 0 Å². The number of fused-ring (bicyclic) bond motifs is 1. The maximum Gasteiger partial charge on any atom is 0.142 e. The molecule has 0 aliphatic carbocycles. The minimum atomic E-state index is 0.105. The van der Waals surface area contributed by atoms with Gasteiger partial charge < -0.3 is 14.7 Å². The van der Waals surface area contributed by atoms with Crippen LogP contribution in [0.3, 0.4) is 0 Å². The van der Waals surface area contributed by atoms with Gasteiger partial charge in [-0.15, -0.1) is 0 Å². The zero-order chi connectivity index (χ0) is 14.8. The molecule has 0 amide bonds. The van der Waals surface area contributed by atoms with Crippen molar-refractivity contribution in [3.63, 3.8) is 0 Å². The van der Waals surface area contributed by atoms with E-state index in [0.29, 0.717) is 5.75 Å². The summed E-state index contributed by atoms with van der Waals surface area (Å²) in [5.41, 5.74) is 3.13. The van der Waals surface area contributed by atoms with Crippen molar-refractivity contribution in [3.8, 4) is 11.5 Å². The molecule has 0 saturated carbocycles. The molecule has 21 heavy (non-hydrogen) atoms. The molecule has 2 aromatic carbocycles. The van der Waals surface area contributed by atoms with Gasteiger partial charge in [0, 0.05) is 12.1 Å². The number of benzene rings is 2. The molecular weight excluding hydrogens is 262 g/mol. The average molecular weight is 283 g/mol. The Kier molecular flexibility index (Phi) is 3.74. The number of para-hydroxylation sites is 2. The van der Waals surface area contributed by atoms with Gasteiger partial charge in [-0.05, 0) is 44.0 Å². The lowest BCUT2D eigenvalue weighted by Gasteiger charge is -2.31. The third-order valence-corrected chi connectivity index (χ3v) is 4.08. The van der Waals surface area contributed by atoms with Crippen LogP contribution in [0.1, 0.15) is 30.5 Å².